The van der Waals surface area contributed by atoms with Gasteiger partial charge in [-0.1, -0.05) is 17.8 Å². The summed E-state index contributed by atoms with van der Waals surface area (Å²) in [5, 5.41) is 3.80. The van der Waals surface area contributed by atoms with E-state index in [0.717, 1.165) is 23.0 Å². The molecule has 0 unspecified atom stereocenters. The molecule has 0 spiro atoms. The molecular formula is C10H11FN2S. The van der Waals surface area contributed by atoms with Crippen molar-refractivity contribution in [1.82, 2.24) is 0 Å². The fourth-order valence-electron chi connectivity index (χ4n) is 1.26. The Morgan fingerprint density at radius 3 is 3.07 bits per heavy atom. The van der Waals surface area contributed by atoms with Crippen LogP contribution in [0.4, 0.5) is 10.1 Å². The number of nitrogens with zero attached hydrogens (tertiary/aromatic N) is 1. The van der Waals surface area contributed by atoms with E-state index in [4.69, 9.17) is 0 Å². The number of hydrogen-bond acceptors (Lipinski definition) is 3. The first kappa shape index (κ1) is 9.52. The average Bonchev–Trinajstić information content (AvgIpc) is 2.64. The van der Waals surface area contributed by atoms with Crippen LogP contribution in [0, 0.1) is 12.7 Å². The minimum absolute atomic E-state index is 0.231. The normalized spacial score (nSPS) is 15.4. The molecule has 0 aromatic heterocycles. The minimum Gasteiger partial charge on any atom is -0.333 e. The van der Waals surface area contributed by atoms with Crippen molar-refractivity contribution in [2.75, 3.05) is 17.6 Å². The summed E-state index contributed by atoms with van der Waals surface area (Å²) >= 11 is 1.62. The Balaban J connectivity index is 2.19. The lowest BCUT2D eigenvalue weighted by atomic mass is 10.2. The number of aryl methyl sites for hydroxylation is 1. The summed E-state index contributed by atoms with van der Waals surface area (Å²) in [5.41, 5.74) is 1.55. The van der Waals surface area contributed by atoms with Gasteiger partial charge in [0.15, 0.2) is 5.17 Å². The summed E-state index contributed by atoms with van der Waals surface area (Å²) in [4.78, 5) is 4.20. The van der Waals surface area contributed by atoms with Crippen LogP contribution in [0.3, 0.4) is 0 Å². The maximum absolute atomic E-state index is 13.3. The van der Waals surface area contributed by atoms with Crippen LogP contribution in [0.1, 0.15) is 5.56 Å². The Morgan fingerprint density at radius 1 is 1.50 bits per heavy atom. The molecule has 0 bridgehead atoms. The van der Waals surface area contributed by atoms with Gasteiger partial charge in [-0.2, -0.15) is 0 Å². The molecule has 1 heterocycles. The smallest absolute Gasteiger partial charge is 0.161 e. The first-order valence-corrected chi connectivity index (χ1v) is 5.45. The lowest BCUT2D eigenvalue weighted by Crippen LogP contribution is -2.06. The summed E-state index contributed by atoms with van der Waals surface area (Å²) in [7, 11) is 0. The van der Waals surface area contributed by atoms with Gasteiger partial charge >= 0.3 is 0 Å². The Bertz CT molecular complexity index is 376. The molecule has 74 valence electrons. The first-order valence-electron chi connectivity index (χ1n) is 4.46. The third-order valence-corrected chi connectivity index (χ3v) is 2.84. The van der Waals surface area contributed by atoms with E-state index in [1.165, 1.54) is 6.07 Å². The van der Waals surface area contributed by atoms with Crippen molar-refractivity contribution in [3.8, 4) is 0 Å². The minimum atomic E-state index is -0.231. The van der Waals surface area contributed by atoms with E-state index in [9.17, 15) is 4.39 Å². The number of hydrogen-bond donors (Lipinski definition) is 1. The summed E-state index contributed by atoms with van der Waals surface area (Å²) in [6.45, 7) is 2.76. The molecule has 2 rings (SSSR count). The van der Waals surface area contributed by atoms with Gasteiger partial charge in [0, 0.05) is 5.75 Å². The molecule has 1 aliphatic heterocycles. The number of halogens is 1. The maximum atomic E-state index is 13.3. The van der Waals surface area contributed by atoms with Crippen LogP contribution >= 0.6 is 11.8 Å². The van der Waals surface area contributed by atoms with Crippen LogP contribution in [0.25, 0.3) is 0 Å². The van der Waals surface area contributed by atoms with E-state index in [2.05, 4.69) is 10.3 Å². The number of amidine groups is 1. The molecular weight excluding hydrogens is 199 g/mol. The van der Waals surface area contributed by atoms with Gasteiger partial charge in [-0.3, -0.25) is 4.99 Å². The second kappa shape index (κ2) is 4.00. The van der Waals surface area contributed by atoms with Crippen LogP contribution in [0.5, 0.6) is 0 Å². The largest absolute Gasteiger partial charge is 0.333 e. The number of rotatable bonds is 1. The topological polar surface area (TPSA) is 24.4 Å². The third kappa shape index (κ3) is 2.07. The van der Waals surface area contributed by atoms with Gasteiger partial charge < -0.3 is 5.32 Å². The van der Waals surface area contributed by atoms with Crippen molar-refractivity contribution in [1.29, 1.82) is 0 Å². The summed E-state index contributed by atoms with van der Waals surface area (Å²) < 4.78 is 13.3. The number of benzene rings is 1. The maximum Gasteiger partial charge on any atom is 0.161 e. The van der Waals surface area contributed by atoms with Crippen molar-refractivity contribution in [3.63, 3.8) is 0 Å². The Morgan fingerprint density at radius 2 is 2.36 bits per heavy atom. The van der Waals surface area contributed by atoms with E-state index in [1.54, 1.807) is 23.9 Å². The standard InChI is InChI=1S/C10H11FN2S/c1-7-2-3-8(11)9(6-7)13-10-12-4-5-14-10/h2-3,6H,4-5H2,1H3,(H,12,13). The van der Waals surface area contributed by atoms with Gasteiger partial charge in [-0.25, -0.2) is 4.39 Å². The molecule has 0 radical (unpaired) electrons. The van der Waals surface area contributed by atoms with Crippen LogP contribution in [-0.4, -0.2) is 17.5 Å². The molecule has 4 heteroatoms. The fraction of sp³-hybridized carbons (Fsp3) is 0.300. The van der Waals surface area contributed by atoms with E-state index >= 15 is 0 Å². The van der Waals surface area contributed by atoms with Gasteiger partial charge in [0.05, 0.1) is 12.2 Å². The zero-order valence-corrected chi connectivity index (χ0v) is 8.70. The number of aliphatic imine (C=N–C) groups is 1. The molecule has 1 aromatic carbocycles. The van der Waals surface area contributed by atoms with Gasteiger partial charge in [0.25, 0.3) is 0 Å². The van der Waals surface area contributed by atoms with Crippen LogP contribution < -0.4 is 5.32 Å². The summed E-state index contributed by atoms with van der Waals surface area (Å²) in [6.07, 6.45) is 0. The monoisotopic (exact) mass is 210 g/mol. The second-order valence-corrected chi connectivity index (χ2v) is 4.23. The Kier molecular flexibility index (Phi) is 2.72. The number of thioether (sulfide) groups is 1. The predicted molar refractivity (Wildman–Crippen MR) is 59.5 cm³/mol. The molecule has 0 aliphatic carbocycles. The summed E-state index contributed by atoms with van der Waals surface area (Å²) in [6, 6.07) is 5.01. The Hall–Kier alpha value is -1.03. The lowest BCUT2D eigenvalue weighted by molar-refractivity contribution is 0.632. The fourth-order valence-corrected chi connectivity index (χ4v) is 2.00. The van der Waals surface area contributed by atoms with Gasteiger partial charge in [-0.15, -0.1) is 0 Å². The van der Waals surface area contributed by atoms with Crippen molar-refractivity contribution < 1.29 is 4.39 Å². The van der Waals surface area contributed by atoms with Gasteiger partial charge in [0.2, 0.25) is 0 Å². The van der Waals surface area contributed by atoms with E-state index in [-0.39, 0.29) is 5.82 Å². The molecule has 0 saturated heterocycles. The van der Waals surface area contributed by atoms with Crippen LogP contribution in [-0.2, 0) is 0 Å². The average molecular weight is 210 g/mol. The molecule has 14 heavy (non-hydrogen) atoms. The highest BCUT2D eigenvalue weighted by molar-refractivity contribution is 8.14. The number of anilines is 1. The zero-order chi connectivity index (χ0) is 9.97. The molecule has 0 atom stereocenters. The van der Waals surface area contributed by atoms with Crippen LogP contribution in [0.2, 0.25) is 0 Å². The highest BCUT2D eigenvalue weighted by Crippen LogP contribution is 2.19. The van der Waals surface area contributed by atoms with E-state index < -0.39 is 0 Å². The van der Waals surface area contributed by atoms with Crippen molar-refractivity contribution >= 4 is 22.6 Å². The first-order chi connectivity index (χ1) is 6.75. The highest BCUT2D eigenvalue weighted by atomic mass is 32.2. The molecule has 2 nitrogen and oxygen atoms in total. The van der Waals surface area contributed by atoms with Crippen molar-refractivity contribution in [2.45, 2.75) is 6.92 Å². The Labute approximate surface area is 86.6 Å². The highest BCUT2D eigenvalue weighted by Gasteiger charge is 2.09. The molecule has 1 N–H and O–H groups in total. The van der Waals surface area contributed by atoms with Gasteiger partial charge in [-0.05, 0) is 24.6 Å². The van der Waals surface area contributed by atoms with Gasteiger partial charge in [0.1, 0.15) is 5.82 Å². The number of nitrogens with one attached hydrogen (secondary N) is 1. The molecule has 0 saturated carbocycles. The van der Waals surface area contributed by atoms with E-state index in [0.29, 0.717) is 5.69 Å². The molecule has 0 fully saturated rings. The zero-order valence-electron chi connectivity index (χ0n) is 7.88. The SMILES string of the molecule is Cc1ccc(F)c(NC2=NCCS2)c1. The lowest BCUT2D eigenvalue weighted by Gasteiger charge is -2.06. The quantitative estimate of drug-likeness (QED) is 0.770. The van der Waals surface area contributed by atoms with Crippen molar-refractivity contribution in [2.24, 2.45) is 4.99 Å². The molecule has 0 amide bonds. The predicted octanol–water partition coefficient (Wildman–Crippen LogP) is 2.65. The van der Waals surface area contributed by atoms with Crippen molar-refractivity contribution in [3.05, 3.63) is 29.6 Å². The molecule has 1 aromatic rings. The molecule has 1 aliphatic rings. The van der Waals surface area contributed by atoms with E-state index in [1.807, 2.05) is 6.92 Å². The third-order valence-electron chi connectivity index (χ3n) is 1.95. The second-order valence-electron chi connectivity index (χ2n) is 3.14. The summed E-state index contributed by atoms with van der Waals surface area (Å²) in [5.74, 6) is 0.751. The van der Waals surface area contributed by atoms with Crippen LogP contribution in [0.15, 0.2) is 23.2 Å².